The molecule has 4 aliphatic rings. The minimum atomic E-state index is -0.0304. The second-order valence-corrected chi connectivity index (χ2v) is 10.1. The Labute approximate surface area is 162 Å². The minimum Gasteiger partial charge on any atom is -0.386 e. The first-order valence-corrected chi connectivity index (χ1v) is 10.4. The van der Waals surface area contributed by atoms with E-state index in [1.807, 2.05) is 12.1 Å². The first kappa shape index (κ1) is 18.5. The molecule has 1 amide bonds. The lowest BCUT2D eigenvalue weighted by atomic mass is 9.53. The molecular weight excluding hydrogens is 336 g/mol. The van der Waals surface area contributed by atoms with E-state index >= 15 is 0 Å². The van der Waals surface area contributed by atoms with Crippen LogP contribution in [0.3, 0.4) is 0 Å². The summed E-state index contributed by atoms with van der Waals surface area (Å²) in [6.07, 6.45) is 9.29. The summed E-state index contributed by atoms with van der Waals surface area (Å²) < 4.78 is 0. The number of amides is 1. The smallest absolute Gasteiger partial charge is 0.261 e. The molecule has 4 nitrogen and oxygen atoms in total. The highest BCUT2D eigenvalue weighted by Gasteiger charge is 2.51. The first-order chi connectivity index (χ1) is 12.8. The van der Waals surface area contributed by atoms with Crippen molar-refractivity contribution in [3.8, 4) is 0 Å². The zero-order chi connectivity index (χ0) is 19.1. The van der Waals surface area contributed by atoms with Crippen LogP contribution in [-0.4, -0.2) is 24.3 Å². The van der Waals surface area contributed by atoms with Gasteiger partial charge in [0.25, 0.3) is 5.91 Å². The van der Waals surface area contributed by atoms with Gasteiger partial charge in [0.15, 0.2) is 6.61 Å². The Morgan fingerprint density at radius 3 is 2.19 bits per heavy atom. The van der Waals surface area contributed by atoms with Gasteiger partial charge >= 0.3 is 0 Å². The molecule has 4 bridgehead atoms. The van der Waals surface area contributed by atoms with Gasteiger partial charge in [0.05, 0.1) is 6.21 Å². The number of benzene rings is 1. The number of nitrogens with zero attached hydrogens (tertiary/aromatic N) is 1. The first-order valence-electron chi connectivity index (χ1n) is 10.4. The quantitative estimate of drug-likeness (QED) is 0.618. The van der Waals surface area contributed by atoms with E-state index in [0.717, 1.165) is 42.6 Å². The molecule has 0 aromatic heterocycles. The Morgan fingerprint density at radius 2 is 1.67 bits per heavy atom. The van der Waals surface area contributed by atoms with Gasteiger partial charge in [-0.05, 0) is 72.8 Å². The summed E-state index contributed by atoms with van der Waals surface area (Å²) >= 11 is 0. The molecule has 0 aliphatic heterocycles. The van der Waals surface area contributed by atoms with Crippen LogP contribution in [0.5, 0.6) is 0 Å². The van der Waals surface area contributed by atoms with Crippen molar-refractivity contribution in [2.24, 2.45) is 22.9 Å². The van der Waals surface area contributed by atoms with Gasteiger partial charge < -0.3 is 10.2 Å². The third kappa shape index (κ3) is 4.20. The molecule has 5 rings (SSSR count). The summed E-state index contributed by atoms with van der Waals surface area (Å²) in [6, 6.07) is 8.29. The van der Waals surface area contributed by atoms with Crippen LogP contribution in [0.1, 0.15) is 70.4 Å². The van der Waals surface area contributed by atoms with Crippen molar-refractivity contribution in [1.29, 1.82) is 0 Å². The molecule has 146 valence electrons. The van der Waals surface area contributed by atoms with E-state index in [9.17, 15) is 4.79 Å². The standard InChI is InChI=1S/C23H32N2O2/c1-22(2,3)20-6-4-16(5-7-20)14-24-27-15-21(26)25-23-11-17-8-18(12-23)10-19(9-17)13-23/h4-7,14,17-19H,8-13,15H2,1-3H3,(H,25,26)/b24-14+. The van der Waals surface area contributed by atoms with Crippen molar-refractivity contribution >= 4 is 12.1 Å². The van der Waals surface area contributed by atoms with Crippen LogP contribution in [0.15, 0.2) is 29.4 Å². The fourth-order valence-electron chi connectivity index (χ4n) is 5.86. The molecule has 4 aliphatic carbocycles. The van der Waals surface area contributed by atoms with Crippen LogP contribution < -0.4 is 5.32 Å². The van der Waals surface area contributed by atoms with Crippen molar-refractivity contribution in [3.63, 3.8) is 0 Å². The van der Waals surface area contributed by atoms with Gasteiger partial charge in [0.1, 0.15) is 0 Å². The van der Waals surface area contributed by atoms with Crippen LogP contribution in [0.2, 0.25) is 0 Å². The zero-order valence-corrected chi connectivity index (χ0v) is 16.8. The van der Waals surface area contributed by atoms with Gasteiger partial charge in [0.2, 0.25) is 0 Å². The molecule has 27 heavy (non-hydrogen) atoms. The topological polar surface area (TPSA) is 50.7 Å². The predicted molar refractivity (Wildman–Crippen MR) is 108 cm³/mol. The molecule has 0 saturated heterocycles. The third-order valence-corrected chi connectivity index (χ3v) is 6.69. The zero-order valence-electron chi connectivity index (χ0n) is 16.8. The van der Waals surface area contributed by atoms with E-state index in [-0.39, 0.29) is 23.5 Å². The Morgan fingerprint density at radius 1 is 1.11 bits per heavy atom. The average Bonchev–Trinajstić information content (AvgIpc) is 2.57. The molecule has 4 saturated carbocycles. The summed E-state index contributed by atoms with van der Waals surface area (Å²) in [4.78, 5) is 17.7. The van der Waals surface area contributed by atoms with E-state index in [1.54, 1.807) is 6.21 Å². The molecule has 1 aromatic carbocycles. The highest BCUT2D eigenvalue weighted by atomic mass is 16.6. The summed E-state index contributed by atoms with van der Waals surface area (Å²) in [6.45, 7) is 6.59. The maximum atomic E-state index is 12.4. The Hall–Kier alpha value is -1.84. The predicted octanol–water partition coefficient (Wildman–Crippen LogP) is 4.42. The SMILES string of the molecule is CC(C)(C)c1ccc(/C=N/OCC(=O)NC23CC4CC(CC(C4)C2)C3)cc1. The summed E-state index contributed by atoms with van der Waals surface area (Å²) in [5.41, 5.74) is 2.45. The van der Waals surface area contributed by atoms with Gasteiger partial charge in [-0.15, -0.1) is 0 Å². The number of hydrogen-bond donors (Lipinski definition) is 1. The summed E-state index contributed by atoms with van der Waals surface area (Å²) in [5, 5.41) is 7.29. The number of nitrogens with one attached hydrogen (secondary N) is 1. The molecule has 0 heterocycles. The number of oxime groups is 1. The lowest BCUT2D eigenvalue weighted by Crippen LogP contribution is -2.60. The van der Waals surface area contributed by atoms with Crippen molar-refractivity contribution in [3.05, 3.63) is 35.4 Å². The maximum Gasteiger partial charge on any atom is 0.261 e. The van der Waals surface area contributed by atoms with Crippen LogP contribution in [-0.2, 0) is 15.0 Å². The van der Waals surface area contributed by atoms with Crippen LogP contribution in [0.25, 0.3) is 0 Å². The largest absolute Gasteiger partial charge is 0.386 e. The van der Waals surface area contributed by atoms with Crippen LogP contribution in [0, 0.1) is 17.8 Å². The fraction of sp³-hybridized carbons (Fsp3) is 0.652. The van der Waals surface area contributed by atoms with Gasteiger partial charge in [-0.1, -0.05) is 50.2 Å². The number of hydrogen-bond acceptors (Lipinski definition) is 3. The van der Waals surface area contributed by atoms with Crippen molar-refractivity contribution in [2.75, 3.05) is 6.61 Å². The van der Waals surface area contributed by atoms with E-state index < -0.39 is 0 Å². The van der Waals surface area contributed by atoms with E-state index in [4.69, 9.17) is 4.84 Å². The minimum absolute atomic E-state index is 0.00166. The van der Waals surface area contributed by atoms with E-state index in [1.165, 1.54) is 24.8 Å². The normalized spacial score (nSPS) is 32.0. The summed E-state index contributed by atoms with van der Waals surface area (Å²) in [5.74, 6) is 2.45. The van der Waals surface area contributed by atoms with Crippen molar-refractivity contribution < 1.29 is 9.63 Å². The molecule has 1 aromatic rings. The molecular formula is C23H32N2O2. The fourth-order valence-corrected chi connectivity index (χ4v) is 5.86. The molecule has 1 N–H and O–H groups in total. The Kier molecular flexibility index (Phi) is 4.77. The lowest BCUT2D eigenvalue weighted by Gasteiger charge is -2.56. The van der Waals surface area contributed by atoms with Gasteiger partial charge in [-0.25, -0.2) is 0 Å². The molecule has 0 spiro atoms. The second kappa shape index (κ2) is 6.96. The average molecular weight is 369 g/mol. The third-order valence-electron chi connectivity index (χ3n) is 6.69. The molecule has 0 unspecified atom stereocenters. The Balaban J connectivity index is 1.26. The molecule has 4 fully saturated rings. The maximum absolute atomic E-state index is 12.4. The second-order valence-electron chi connectivity index (χ2n) is 10.1. The number of carbonyl (C=O) groups excluding carboxylic acids is 1. The van der Waals surface area contributed by atoms with Gasteiger partial charge in [0, 0.05) is 5.54 Å². The van der Waals surface area contributed by atoms with Crippen LogP contribution in [0.4, 0.5) is 0 Å². The van der Waals surface area contributed by atoms with Gasteiger partial charge in [-0.2, -0.15) is 0 Å². The van der Waals surface area contributed by atoms with Crippen molar-refractivity contribution in [2.45, 2.75) is 70.3 Å². The number of rotatable bonds is 5. The highest BCUT2D eigenvalue weighted by molar-refractivity contribution is 5.80. The molecule has 4 heteroatoms. The van der Waals surface area contributed by atoms with Gasteiger partial charge in [-0.3, -0.25) is 4.79 Å². The van der Waals surface area contributed by atoms with Crippen molar-refractivity contribution in [1.82, 2.24) is 5.32 Å². The lowest BCUT2D eigenvalue weighted by molar-refractivity contribution is -0.131. The monoisotopic (exact) mass is 368 g/mol. The highest BCUT2D eigenvalue weighted by Crippen LogP contribution is 2.55. The van der Waals surface area contributed by atoms with E-state index in [2.05, 4.69) is 43.4 Å². The van der Waals surface area contributed by atoms with E-state index in [0.29, 0.717) is 0 Å². The molecule has 0 radical (unpaired) electrons. The molecule has 0 atom stereocenters. The summed E-state index contributed by atoms with van der Waals surface area (Å²) in [7, 11) is 0. The van der Waals surface area contributed by atoms with Crippen LogP contribution >= 0.6 is 0 Å². The Bertz CT molecular complexity index is 680. The number of carbonyl (C=O) groups is 1.